The fourth-order valence-corrected chi connectivity index (χ4v) is 1.96. The van der Waals surface area contributed by atoms with Crippen molar-refractivity contribution in [1.29, 1.82) is 0 Å². The van der Waals surface area contributed by atoms with Gasteiger partial charge in [0.15, 0.2) is 5.78 Å². The Morgan fingerprint density at radius 2 is 2.31 bits per heavy atom. The number of ketones is 1. The number of Topliss-reactive ketones (excluding diaryl/α,β-unsaturated/α-hetero) is 1. The average molecular weight is 280 g/mol. The molecule has 1 aromatic carbocycles. The van der Waals surface area contributed by atoms with Crippen LogP contribution in [0, 0.1) is 0 Å². The summed E-state index contributed by atoms with van der Waals surface area (Å²) in [4.78, 5) is 11.4. The highest BCUT2D eigenvalue weighted by molar-refractivity contribution is 9.10. The van der Waals surface area contributed by atoms with E-state index >= 15 is 0 Å². The summed E-state index contributed by atoms with van der Waals surface area (Å²) < 4.78 is 2.54. The number of carbonyl (C=O) groups is 1. The molecule has 0 bridgehead atoms. The summed E-state index contributed by atoms with van der Waals surface area (Å²) in [6.45, 7) is 0.0214. The van der Waals surface area contributed by atoms with Crippen LogP contribution in [0.5, 0.6) is 0 Å². The number of nitrogens with zero attached hydrogens (tertiary/aromatic N) is 2. The molecule has 0 aliphatic rings. The van der Waals surface area contributed by atoms with Crippen molar-refractivity contribution in [3.8, 4) is 5.69 Å². The van der Waals surface area contributed by atoms with Gasteiger partial charge in [-0.05, 0) is 40.2 Å². The molecule has 0 amide bonds. The molecular formula is C11H10BrN3O. The van der Waals surface area contributed by atoms with Gasteiger partial charge in [0.2, 0.25) is 0 Å². The minimum atomic E-state index is -0.0762. The molecule has 0 aliphatic carbocycles. The maximum Gasteiger partial charge on any atom is 0.176 e. The second-order valence-electron chi connectivity index (χ2n) is 3.24. The number of hydrogen-bond acceptors (Lipinski definition) is 3. The Balaban J connectivity index is 2.41. The van der Waals surface area contributed by atoms with Crippen molar-refractivity contribution in [2.75, 3.05) is 6.54 Å². The van der Waals surface area contributed by atoms with Crippen molar-refractivity contribution in [3.05, 3.63) is 46.7 Å². The Hall–Kier alpha value is -1.46. The number of aromatic nitrogens is 2. The Kier molecular flexibility index (Phi) is 3.17. The standard InChI is InChI=1S/C11H10BrN3O/c12-9-6-8(11(16)7-13)2-3-10(9)15-5-1-4-14-15/h1-6H,7,13H2. The number of rotatable bonds is 3. The molecule has 1 heterocycles. The maximum absolute atomic E-state index is 11.4. The molecule has 0 fully saturated rings. The van der Waals surface area contributed by atoms with Gasteiger partial charge in [-0.15, -0.1) is 0 Å². The smallest absolute Gasteiger partial charge is 0.176 e. The maximum atomic E-state index is 11.4. The van der Waals surface area contributed by atoms with Crippen molar-refractivity contribution < 1.29 is 4.79 Å². The monoisotopic (exact) mass is 279 g/mol. The predicted octanol–water partition coefficient (Wildman–Crippen LogP) is 1.78. The largest absolute Gasteiger partial charge is 0.324 e. The van der Waals surface area contributed by atoms with Crippen LogP contribution in [0.25, 0.3) is 5.69 Å². The van der Waals surface area contributed by atoms with Crippen molar-refractivity contribution in [2.45, 2.75) is 0 Å². The van der Waals surface area contributed by atoms with Crippen LogP contribution in [0.4, 0.5) is 0 Å². The van der Waals surface area contributed by atoms with E-state index in [2.05, 4.69) is 21.0 Å². The quantitative estimate of drug-likeness (QED) is 0.872. The molecule has 2 rings (SSSR count). The normalized spacial score (nSPS) is 10.4. The Bertz CT molecular complexity index is 508. The van der Waals surface area contributed by atoms with E-state index in [4.69, 9.17) is 5.73 Å². The third-order valence-electron chi connectivity index (χ3n) is 2.21. The summed E-state index contributed by atoms with van der Waals surface area (Å²) in [5, 5.41) is 4.12. The fraction of sp³-hybridized carbons (Fsp3) is 0.0909. The first-order chi connectivity index (χ1) is 7.72. The molecule has 2 N–H and O–H groups in total. The van der Waals surface area contributed by atoms with Crippen LogP contribution >= 0.6 is 15.9 Å². The Morgan fingerprint density at radius 3 is 2.88 bits per heavy atom. The van der Waals surface area contributed by atoms with Crippen molar-refractivity contribution >= 4 is 21.7 Å². The first-order valence-electron chi connectivity index (χ1n) is 4.75. The van der Waals surface area contributed by atoms with Gasteiger partial charge in [-0.1, -0.05) is 0 Å². The van der Waals surface area contributed by atoms with Crippen LogP contribution in [0.3, 0.4) is 0 Å². The molecule has 0 saturated heterocycles. The zero-order valence-corrected chi connectivity index (χ0v) is 10.0. The molecule has 82 valence electrons. The second kappa shape index (κ2) is 4.59. The Morgan fingerprint density at radius 1 is 1.50 bits per heavy atom. The van der Waals surface area contributed by atoms with Gasteiger partial charge in [0.1, 0.15) is 0 Å². The lowest BCUT2D eigenvalue weighted by atomic mass is 10.1. The molecule has 5 heteroatoms. The first-order valence-corrected chi connectivity index (χ1v) is 5.54. The van der Waals surface area contributed by atoms with E-state index in [1.165, 1.54) is 0 Å². The number of nitrogens with two attached hydrogens (primary N) is 1. The van der Waals surface area contributed by atoms with Gasteiger partial charge in [-0.25, -0.2) is 4.68 Å². The fourth-order valence-electron chi connectivity index (χ4n) is 1.40. The van der Waals surface area contributed by atoms with E-state index in [9.17, 15) is 4.79 Å². The van der Waals surface area contributed by atoms with Gasteiger partial charge in [0, 0.05) is 22.4 Å². The number of carbonyl (C=O) groups excluding carboxylic acids is 1. The van der Waals surface area contributed by atoms with E-state index in [0.29, 0.717) is 5.56 Å². The highest BCUT2D eigenvalue weighted by atomic mass is 79.9. The van der Waals surface area contributed by atoms with Crippen LogP contribution in [0.1, 0.15) is 10.4 Å². The zero-order valence-electron chi connectivity index (χ0n) is 8.43. The first kappa shape index (κ1) is 11.0. The average Bonchev–Trinajstić information content (AvgIpc) is 2.81. The van der Waals surface area contributed by atoms with Gasteiger partial charge < -0.3 is 5.73 Å². The van der Waals surface area contributed by atoms with Crippen LogP contribution < -0.4 is 5.73 Å². The molecule has 0 spiro atoms. The Labute approximate surface area is 101 Å². The number of benzene rings is 1. The van der Waals surface area contributed by atoms with Crippen LogP contribution in [-0.2, 0) is 0 Å². The highest BCUT2D eigenvalue weighted by Crippen LogP contribution is 2.21. The van der Waals surface area contributed by atoms with Gasteiger partial charge >= 0.3 is 0 Å². The summed E-state index contributed by atoms with van der Waals surface area (Å²) in [6.07, 6.45) is 3.54. The minimum absolute atomic E-state index is 0.0214. The molecule has 0 radical (unpaired) electrons. The van der Waals surface area contributed by atoms with Gasteiger partial charge in [-0.2, -0.15) is 5.10 Å². The van der Waals surface area contributed by atoms with E-state index in [-0.39, 0.29) is 12.3 Å². The lowest BCUT2D eigenvalue weighted by Crippen LogP contribution is -2.13. The summed E-state index contributed by atoms with van der Waals surface area (Å²) >= 11 is 3.41. The lowest BCUT2D eigenvalue weighted by molar-refractivity contribution is 0.100. The van der Waals surface area contributed by atoms with Gasteiger partial charge in [-0.3, -0.25) is 4.79 Å². The van der Waals surface area contributed by atoms with Gasteiger partial charge in [0.05, 0.1) is 12.2 Å². The predicted molar refractivity (Wildman–Crippen MR) is 64.6 cm³/mol. The SMILES string of the molecule is NCC(=O)c1ccc(-n2cccn2)c(Br)c1. The molecule has 0 atom stereocenters. The van der Waals surface area contributed by atoms with Gasteiger partial charge in [0.25, 0.3) is 0 Å². The highest BCUT2D eigenvalue weighted by Gasteiger charge is 2.08. The van der Waals surface area contributed by atoms with Crippen LogP contribution in [-0.4, -0.2) is 22.1 Å². The molecule has 0 unspecified atom stereocenters. The molecule has 16 heavy (non-hydrogen) atoms. The van der Waals surface area contributed by atoms with E-state index < -0.39 is 0 Å². The van der Waals surface area contributed by atoms with E-state index in [0.717, 1.165) is 10.2 Å². The summed E-state index contributed by atoms with van der Waals surface area (Å²) in [6, 6.07) is 7.18. The van der Waals surface area contributed by atoms with Crippen LogP contribution in [0.15, 0.2) is 41.1 Å². The number of halogens is 1. The third-order valence-corrected chi connectivity index (χ3v) is 2.84. The second-order valence-corrected chi connectivity index (χ2v) is 4.10. The number of hydrogen-bond donors (Lipinski definition) is 1. The van der Waals surface area contributed by atoms with Crippen LogP contribution in [0.2, 0.25) is 0 Å². The topological polar surface area (TPSA) is 60.9 Å². The molecule has 0 saturated carbocycles. The minimum Gasteiger partial charge on any atom is -0.324 e. The van der Waals surface area contributed by atoms with Crippen molar-refractivity contribution in [3.63, 3.8) is 0 Å². The van der Waals surface area contributed by atoms with E-state index in [1.807, 2.05) is 18.3 Å². The van der Waals surface area contributed by atoms with Crippen molar-refractivity contribution in [2.24, 2.45) is 5.73 Å². The molecule has 0 aliphatic heterocycles. The van der Waals surface area contributed by atoms with E-state index in [1.54, 1.807) is 23.0 Å². The zero-order chi connectivity index (χ0) is 11.5. The molecular weight excluding hydrogens is 270 g/mol. The summed E-state index contributed by atoms with van der Waals surface area (Å²) in [7, 11) is 0. The summed E-state index contributed by atoms with van der Waals surface area (Å²) in [5.41, 5.74) is 6.79. The molecule has 2 aromatic rings. The van der Waals surface area contributed by atoms with Crippen molar-refractivity contribution in [1.82, 2.24) is 9.78 Å². The third kappa shape index (κ3) is 2.05. The molecule has 1 aromatic heterocycles. The summed E-state index contributed by atoms with van der Waals surface area (Å²) in [5.74, 6) is -0.0762. The lowest BCUT2D eigenvalue weighted by Gasteiger charge is -2.06. The molecule has 4 nitrogen and oxygen atoms in total.